The summed E-state index contributed by atoms with van der Waals surface area (Å²) in [6.07, 6.45) is 0. The van der Waals surface area contributed by atoms with Crippen LogP contribution in [-0.2, 0) is 4.79 Å². The van der Waals surface area contributed by atoms with Crippen LogP contribution >= 0.6 is 11.3 Å². The number of aliphatic hydroxyl groups is 1. The van der Waals surface area contributed by atoms with Crippen molar-refractivity contribution in [2.24, 2.45) is 0 Å². The van der Waals surface area contributed by atoms with Crippen molar-refractivity contribution in [2.75, 3.05) is 4.90 Å². The molecule has 5 nitrogen and oxygen atoms in total. The molecule has 0 fully saturated rings. The van der Waals surface area contributed by atoms with E-state index in [1.54, 1.807) is 13.8 Å². The van der Waals surface area contributed by atoms with Gasteiger partial charge >= 0.3 is 0 Å². The predicted octanol–water partition coefficient (Wildman–Crippen LogP) is 4.96. The SMILES string of the molecule is Cc1nc(C)c(C(=O)C2=C(O)C(=O)N(c3ccc(F)c(F)c3)C2c2ccc(F)cc2)s1. The minimum atomic E-state index is -1.20. The zero-order valence-corrected chi connectivity index (χ0v) is 17.1. The van der Waals surface area contributed by atoms with Crippen LogP contribution in [0.4, 0.5) is 18.9 Å². The lowest BCUT2D eigenvalue weighted by Gasteiger charge is -2.27. The monoisotopic (exact) mass is 444 g/mol. The molecule has 1 unspecified atom stereocenters. The number of Topliss-reactive ketones (excluding diaryl/α,β-unsaturated/α-hetero) is 1. The number of halogens is 3. The van der Waals surface area contributed by atoms with E-state index in [2.05, 4.69) is 4.98 Å². The number of hydrogen-bond acceptors (Lipinski definition) is 5. The average Bonchev–Trinajstić information content (AvgIpc) is 3.20. The predicted molar refractivity (Wildman–Crippen MR) is 109 cm³/mol. The van der Waals surface area contributed by atoms with Crippen molar-refractivity contribution >= 4 is 28.7 Å². The molecule has 2 aromatic carbocycles. The first kappa shape index (κ1) is 20.8. The number of benzene rings is 2. The Morgan fingerprint density at radius 3 is 2.32 bits per heavy atom. The molecule has 1 aromatic heterocycles. The van der Waals surface area contributed by atoms with Gasteiger partial charge in [-0.3, -0.25) is 14.5 Å². The van der Waals surface area contributed by atoms with E-state index in [1.165, 1.54) is 12.1 Å². The molecule has 1 aliphatic heterocycles. The Bertz CT molecular complexity index is 1250. The molecule has 4 rings (SSSR count). The number of hydrogen-bond donors (Lipinski definition) is 1. The van der Waals surface area contributed by atoms with Gasteiger partial charge in [0.2, 0.25) is 5.78 Å². The molecule has 1 atom stereocenters. The maximum absolute atomic E-state index is 13.9. The Labute approximate surface area is 179 Å². The number of carbonyl (C=O) groups is 2. The number of nitrogens with zero attached hydrogens (tertiary/aromatic N) is 2. The molecule has 1 N–H and O–H groups in total. The van der Waals surface area contributed by atoms with E-state index >= 15 is 0 Å². The highest BCUT2D eigenvalue weighted by Gasteiger charge is 2.45. The second-order valence-electron chi connectivity index (χ2n) is 6.97. The van der Waals surface area contributed by atoms with Gasteiger partial charge in [-0.25, -0.2) is 18.2 Å². The van der Waals surface area contributed by atoms with E-state index in [0.717, 1.165) is 46.6 Å². The number of carbonyl (C=O) groups excluding carboxylic acids is 2. The Morgan fingerprint density at radius 2 is 1.74 bits per heavy atom. The number of aliphatic hydroxyl groups excluding tert-OH is 1. The Balaban J connectivity index is 1.90. The summed E-state index contributed by atoms with van der Waals surface area (Å²) in [5.41, 5.74) is 0.438. The summed E-state index contributed by atoms with van der Waals surface area (Å²) in [6, 6.07) is 6.63. The number of anilines is 1. The van der Waals surface area contributed by atoms with E-state index in [9.17, 15) is 27.9 Å². The second kappa shape index (κ2) is 7.66. The smallest absolute Gasteiger partial charge is 0.294 e. The van der Waals surface area contributed by atoms with Crippen molar-refractivity contribution in [3.63, 3.8) is 0 Å². The summed E-state index contributed by atoms with van der Waals surface area (Å²) in [4.78, 5) is 31.7. The van der Waals surface area contributed by atoms with Crippen molar-refractivity contribution in [3.05, 3.63) is 92.4 Å². The molecule has 1 amide bonds. The first-order valence-corrected chi connectivity index (χ1v) is 9.96. The Hall–Kier alpha value is -3.46. The molecule has 158 valence electrons. The van der Waals surface area contributed by atoms with Gasteiger partial charge in [0.15, 0.2) is 17.4 Å². The molecule has 1 aliphatic rings. The van der Waals surface area contributed by atoms with Crippen molar-refractivity contribution in [1.82, 2.24) is 4.98 Å². The second-order valence-corrected chi connectivity index (χ2v) is 8.17. The van der Waals surface area contributed by atoms with E-state index in [0.29, 0.717) is 16.3 Å². The standard InChI is InChI=1S/C22H15F3N2O3S/c1-10-21(31-11(2)26-10)19(28)17-18(12-3-5-13(23)6-4-12)27(22(30)20(17)29)14-7-8-15(24)16(25)9-14/h3-9,18,29H,1-2H3. The van der Waals surface area contributed by atoms with Gasteiger partial charge in [-0.2, -0.15) is 0 Å². The fourth-order valence-electron chi connectivity index (χ4n) is 3.56. The van der Waals surface area contributed by atoms with Crippen molar-refractivity contribution in [2.45, 2.75) is 19.9 Å². The lowest BCUT2D eigenvalue weighted by atomic mass is 9.94. The molecule has 3 aromatic rings. The lowest BCUT2D eigenvalue weighted by molar-refractivity contribution is -0.117. The van der Waals surface area contributed by atoms with Crippen LogP contribution < -0.4 is 4.90 Å². The number of rotatable bonds is 4. The lowest BCUT2D eigenvalue weighted by Crippen LogP contribution is -2.31. The van der Waals surface area contributed by atoms with Crippen molar-refractivity contribution in [3.8, 4) is 0 Å². The molecule has 0 spiro atoms. The summed E-state index contributed by atoms with van der Waals surface area (Å²) in [5, 5.41) is 11.3. The first-order valence-electron chi connectivity index (χ1n) is 9.15. The summed E-state index contributed by atoms with van der Waals surface area (Å²) in [6.45, 7) is 3.35. The number of aromatic nitrogens is 1. The molecular formula is C22H15F3N2O3S. The van der Waals surface area contributed by atoms with Crippen LogP contribution in [0.25, 0.3) is 0 Å². The van der Waals surface area contributed by atoms with Gasteiger partial charge in [-0.1, -0.05) is 12.1 Å². The largest absolute Gasteiger partial charge is 0.503 e. The topological polar surface area (TPSA) is 70.5 Å². The third-order valence-corrected chi connectivity index (χ3v) is 6.00. The minimum absolute atomic E-state index is 0.0650. The van der Waals surface area contributed by atoms with Gasteiger partial charge in [0.05, 0.1) is 27.2 Å². The van der Waals surface area contributed by atoms with Gasteiger partial charge in [0.25, 0.3) is 5.91 Å². The third kappa shape index (κ3) is 3.50. The fraction of sp³-hybridized carbons (Fsp3) is 0.136. The molecule has 31 heavy (non-hydrogen) atoms. The Kier molecular flexibility index (Phi) is 5.14. The normalized spacial score (nSPS) is 16.4. The number of amides is 1. The van der Waals surface area contributed by atoms with Gasteiger partial charge in [-0.15, -0.1) is 11.3 Å². The highest BCUT2D eigenvalue weighted by atomic mass is 32.1. The van der Waals surface area contributed by atoms with Crippen LogP contribution in [0.5, 0.6) is 0 Å². The molecule has 0 saturated carbocycles. The molecular weight excluding hydrogens is 429 g/mol. The third-order valence-electron chi connectivity index (χ3n) is 4.93. The van der Waals surface area contributed by atoms with Gasteiger partial charge in [0.1, 0.15) is 5.82 Å². The molecule has 0 aliphatic carbocycles. The molecule has 0 radical (unpaired) electrons. The van der Waals surface area contributed by atoms with Gasteiger partial charge in [-0.05, 0) is 43.7 Å². The van der Waals surface area contributed by atoms with Crippen LogP contribution in [0.15, 0.2) is 53.8 Å². The van der Waals surface area contributed by atoms with Crippen LogP contribution in [0.2, 0.25) is 0 Å². The van der Waals surface area contributed by atoms with Crippen molar-refractivity contribution in [1.29, 1.82) is 0 Å². The zero-order valence-electron chi connectivity index (χ0n) is 16.3. The summed E-state index contributed by atoms with van der Waals surface area (Å²) in [7, 11) is 0. The van der Waals surface area contributed by atoms with Crippen molar-refractivity contribution < 1.29 is 27.9 Å². The molecule has 0 bridgehead atoms. The first-order chi connectivity index (χ1) is 14.7. The fourth-order valence-corrected chi connectivity index (χ4v) is 4.44. The van der Waals surface area contributed by atoms with E-state index in [4.69, 9.17) is 0 Å². The number of ketones is 1. The molecule has 0 saturated heterocycles. The quantitative estimate of drug-likeness (QED) is 0.578. The van der Waals surface area contributed by atoms with Gasteiger partial charge < -0.3 is 5.11 Å². The van der Waals surface area contributed by atoms with E-state index < -0.39 is 40.9 Å². The van der Waals surface area contributed by atoms with E-state index in [1.807, 2.05) is 0 Å². The molecule has 2 heterocycles. The summed E-state index contributed by atoms with van der Waals surface area (Å²) < 4.78 is 40.9. The summed E-state index contributed by atoms with van der Waals surface area (Å²) >= 11 is 1.11. The van der Waals surface area contributed by atoms with Crippen LogP contribution in [-0.4, -0.2) is 21.8 Å². The minimum Gasteiger partial charge on any atom is -0.503 e. The maximum Gasteiger partial charge on any atom is 0.294 e. The Morgan fingerprint density at radius 1 is 1.06 bits per heavy atom. The van der Waals surface area contributed by atoms with Gasteiger partial charge in [0, 0.05) is 11.8 Å². The number of thiazole rings is 1. The highest BCUT2D eigenvalue weighted by molar-refractivity contribution is 7.14. The maximum atomic E-state index is 13.9. The highest BCUT2D eigenvalue weighted by Crippen LogP contribution is 2.43. The zero-order chi connectivity index (χ0) is 22.4. The summed E-state index contributed by atoms with van der Waals surface area (Å²) in [5.74, 6) is -5.23. The average molecular weight is 444 g/mol. The van der Waals surface area contributed by atoms with Crippen LogP contribution in [0.3, 0.4) is 0 Å². The van der Waals surface area contributed by atoms with Crippen LogP contribution in [0, 0.1) is 31.3 Å². The van der Waals surface area contributed by atoms with Crippen LogP contribution in [0.1, 0.15) is 32.0 Å². The van der Waals surface area contributed by atoms with E-state index in [-0.39, 0.29) is 16.1 Å². The molecule has 9 heteroatoms. The number of aryl methyl sites for hydroxylation is 2.